The Labute approximate surface area is 215 Å². The number of carbonyl (C=O) groups excluding carboxylic acids is 3. The second kappa shape index (κ2) is 9.57. The standard InChI is InChI=1S/C22H24N2O9.Cu.2H2O/c1-21(32)7-5-4-6-8(25)9(7)15(26)10-12(21)17(28)13-14(24(2)3)16(27)11(20(23)31)19(30)22(13,33)18(10)29;;;/h4-6,12-14,17,25,27-29,32-33H,1-3H3,(H2,23,31);;2*1H2/t12-,13-,14+,17+,21-,22+;;;/m1.../s1. The molecule has 13 nitrogen and oxygen atoms in total. The van der Waals surface area contributed by atoms with Crippen molar-refractivity contribution < 1.29 is 73.0 Å². The molecule has 36 heavy (non-hydrogen) atoms. The van der Waals surface area contributed by atoms with Gasteiger partial charge in [-0.05, 0) is 32.6 Å². The topological polar surface area (TPSA) is 265 Å². The molecular formula is C22H28CuN2O11. The number of phenols is 1. The number of amides is 1. The van der Waals surface area contributed by atoms with Crippen LogP contribution in [-0.2, 0) is 32.3 Å². The molecule has 1 aromatic rings. The normalized spacial score (nSPS) is 33.0. The van der Waals surface area contributed by atoms with Crippen LogP contribution in [0.3, 0.4) is 0 Å². The Bertz CT molecular complexity index is 1190. The molecule has 203 valence electrons. The Balaban J connectivity index is 0.00000216. The van der Waals surface area contributed by atoms with Crippen LogP contribution in [-0.4, -0.2) is 95.8 Å². The van der Waals surface area contributed by atoms with E-state index in [9.17, 15) is 45.0 Å². The van der Waals surface area contributed by atoms with Gasteiger partial charge in [-0.25, -0.2) is 0 Å². The number of benzene rings is 1. The number of Topliss-reactive ketones (excluding diaryl/α,β-unsaturated/α-hetero) is 2. The number of carbonyl (C=O) groups is 3. The summed E-state index contributed by atoms with van der Waals surface area (Å²) in [5.41, 5.74) is -1.88. The first-order valence-electron chi connectivity index (χ1n) is 10.1. The third-order valence-corrected chi connectivity index (χ3v) is 7.04. The molecule has 0 bridgehead atoms. The van der Waals surface area contributed by atoms with Crippen LogP contribution in [0.2, 0.25) is 0 Å². The monoisotopic (exact) mass is 559 g/mol. The van der Waals surface area contributed by atoms with Crippen LogP contribution in [0.5, 0.6) is 5.75 Å². The number of aliphatic hydroxyl groups excluding tert-OH is 3. The third kappa shape index (κ3) is 3.57. The molecule has 0 heterocycles. The van der Waals surface area contributed by atoms with E-state index in [-0.39, 0.29) is 39.1 Å². The van der Waals surface area contributed by atoms with Crippen molar-refractivity contribution >= 4 is 17.5 Å². The van der Waals surface area contributed by atoms with Gasteiger partial charge in [-0.1, -0.05) is 12.1 Å². The molecule has 0 unspecified atom stereocenters. The second-order valence-corrected chi connectivity index (χ2v) is 9.06. The van der Waals surface area contributed by atoms with Crippen LogP contribution in [0.1, 0.15) is 22.8 Å². The zero-order chi connectivity index (χ0) is 24.8. The van der Waals surface area contributed by atoms with Gasteiger partial charge in [0.05, 0.1) is 40.7 Å². The van der Waals surface area contributed by atoms with Crippen molar-refractivity contribution in [1.29, 1.82) is 0 Å². The molecule has 14 heteroatoms. The van der Waals surface area contributed by atoms with Crippen LogP contribution in [0.25, 0.3) is 0 Å². The molecule has 6 atom stereocenters. The van der Waals surface area contributed by atoms with Crippen molar-refractivity contribution in [1.82, 2.24) is 4.90 Å². The maximum Gasteiger partial charge on any atom is 0.255 e. The Kier molecular flexibility index (Phi) is 8.30. The Morgan fingerprint density at radius 2 is 1.64 bits per heavy atom. The third-order valence-electron chi connectivity index (χ3n) is 7.04. The number of ketones is 2. The number of hydrogen-bond donors (Lipinski definition) is 7. The van der Waals surface area contributed by atoms with Crippen molar-refractivity contribution in [3.63, 3.8) is 0 Å². The predicted molar refractivity (Wildman–Crippen MR) is 118 cm³/mol. The van der Waals surface area contributed by atoms with E-state index in [2.05, 4.69) is 0 Å². The van der Waals surface area contributed by atoms with Crippen LogP contribution < -0.4 is 5.73 Å². The van der Waals surface area contributed by atoms with E-state index >= 15 is 0 Å². The van der Waals surface area contributed by atoms with E-state index in [4.69, 9.17) is 5.73 Å². The molecule has 1 radical (unpaired) electrons. The summed E-state index contributed by atoms with van der Waals surface area (Å²) < 4.78 is 0. The smallest absolute Gasteiger partial charge is 0.255 e. The van der Waals surface area contributed by atoms with Gasteiger partial charge in [0.2, 0.25) is 5.78 Å². The van der Waals surface area contributed by atoms with Crippen molar-refractivity contribution in [2.45, 2.75) is 30.3 Å². The van der Waals surface area contributed by atoms with Gasteiger partial charge in [-0.15, -0.1) is 0 Å². The summed E-state index contributed by atoms with van der Waals surface area (Å²) in [6.07, 6.45) is -1.87. The molecule has 0 saturated carbocycles. The minimum absolute atomic E-state index is 0. The number of aliphatic hydroxyl groups is 5. The van der Waals surface area contributed by atoms with Crippen molar-refractivity contribution in [2.75, 3.05) is 14.1 Å². The first-order chi connectivity index (χ1) is 15.2. The SMILES string of the molecule is CN(C)[C@@H]1C(O)=C(C(N)=O)C(=O)[C@@]2(O)C(O)=C3C(=O)c4c(O)cccc4[C@@](C)(O)[C@H]3[C@H](O)[C@@H]12.O.O.[Cu]. The Morgan fingerprint density at radius 1 is 1.08 bits per heavy atom. The molecule has 12 N–H and O–H groups in total. The average Bonchev–Trinajstić information content (AvgIpc) is 2.70. The van der Waals surface area contributed by atoms with Crippen molar-refractivity contribution in [3.8, 4) is 5.75 Å². The van der Waals surface area contributed by atoms with Crippen LogP contribution >= 0.6 is 0 Å². The maximum atomic E-state index is 13.3. The summed E-state index contributed by atoms with van der Waals surface area (Å²) in [6, 6.07) is 2.54. The van der Waals surface area contributed by atoms with Gasteiger partial charge >= 0.3 is 0 Å². The summed E-state index contributed by atoms with van der Waals surface area (Å²) in [5, 5.41) is 66.5. The van der Waals surface area contributed by atoms with E-state index < -0.39 is 81.1 Å². The van der Waals surface area contributed by atoms with Crippen LogP contribution in [0.4, 0.5) is 0 Å². The number of hydrogen-bond acceptors (Lipinski definition) is 10. The minimum atomic E-state index is -3.02. The summed E-state index contributed by atoms with van der Waals surface area (Å²) in [5.74, 6) is -9.66. The number of nitrogens with two attached hydrogens (primary N) is 1. The molecule has 0 aromatic heterocycles. The van der Waals surface area contributed by atoms with Gasteiger partial charge in [0.25, 0.3) is 5.91 Å². The molecule has 0 spiro atoms. The number of aromatic hydroxyl groups is 1. The predicted octanol–water partition coefficient (Wildman–Crippen LogP) is -2.90. The van der Waals surface area contributed by atoms with Gasteiger partial charge in [0.1, 0.15) is 22.8 Å². The number of likely N-dealkylation sites (N-methyl/N-ethyl adjacent to an activating group) is 1. The van der Waals surface area contributed by atoms with Gasteiger partial charge in [0, 0.05) is 17.1 Å². The van der Waals surface area contributed by atoms with E-state index in [0.717, 1.165) is 0 Å². The average molecular weight is 560 g/mol. The number of phenolic OH excluding ortho intramolecular Hbond substituents is 1. The first kappa shape index (κ1) is 31.2. The zero-order valence-electron chi connectivity index (χ0n) is 19.3. The molecule has 3 aliphatic carbocycles. The summed E-state index contributed by atoms with van der Waals surface area (Å²) in [7, 11) is 2.85. The zero-order valence-corrected chi connectivity index (χ0v) is 20.2. The fourth-order valence-corrected chi connectivity index (χ4v) is 5.60. The summed E-state index contributed by atoms with van der Waals surface area (Å²) in [6.45, 7) is 1.25. The molecule has 4 rings (SSSR count). The molecule has 0 fully saturated rings. The number of rotatable bonds is 2. The fraction of sp³-hybridized carbons (Fsp3) is 0.409. The molecule has 1 amide bonds. The van der Waals surface area contributed by atoms with Crippen molar-refractivity contribution in [2.24, 2.45) is 17.6 Å². The molecular weight excluding hydrogens is 532 g/mol. The number of fused-ring (bicyclic) bond motifs is 3. The largest absolute Gasteiger partial charge is 0.510 e. The van der Waals surface area contributed by atoms with Gasteiger partial charge < -0.3 is 47.3 Å². The Hall–Kier alpha value is -2.81. The number of primary amides is 1. The summed E-state index contributed by atoms with van der Waals surface area (Å²) >= 11 is 0. The molecule has 1 aromatic carbocycles. The quantitative estimate of drug-likeness (QED) is 0.143. The van der Waals surface area contributed by atoms with E-state index in [1.54, 1.807) is 0 Å². The molecule has 0 aliphatic heterocycles. The maximum absolute atomic E-state index is 13.3. The van der Waals surface area contributed by atoms with Gasteiger partial charge in [-0.2, -0.15) is 0 Å². The Morgan fingerprint density at radius 3 is 2.14 bits per heavy atom. The van der Waals surface area contributed by atoms with E-state index in [1.165, 1.54) is 44.1 Å². The van der Waals surface area contributed by atoms with E-state index in [0.29, 0.717) is 0 Å². The summed E-state index contributed by atoms with van der Waals surface area (Å²) in [4.78, 5) is 39.8. The van der Waals surface area contributed by atoms with E-state index in [1.807, 2.05) is 0 Å². The second-order valence-electron chi connectivity index (χ2n) is 9.06. The fourth-order valence-electron chi connectivity index (χ4n) is 5.60. The number of nitrogens with zero attached hydrogens (tertiary/aromatic N) is 1. The van der Waals surface area contributed by atoms with Crippen LogP contribution in [0, 0.1) is 11.8 Å². The first-order valence-corrected chi connectivity index (χ1v) is 10.1. The van der Waals surface area contributed by atoms with Crippen molar-refractivity contribution in [3.05, 3.63) is 52.0 Å². The molecule has 3 aliphatic rings. The van der Waals surface area contributed by atoms with Gasteiger partial charge in [0.15, 0.2) is 11.4 Å². The minimum Gasteiger partial charge on any atom is -0.510 e. The van der Waals surface area contributed by atoms with Crippen LogP contribution in [0.15, 0.2) is 40.9 Å². The molecule has 0 saturated heterocycles. The van der Waals surface area contributed by atoms with Gasteiger partial charge in [-0.3, -0.25) is 19.3 Å².